The fourth-order valence-electron chi connectivity index (χ4n) is 3.14. The monoisotopic (exact) mass is 369 g/mol. The number of rotatable bonds is 4. The molecule has 0 radical (unpaired) electrons. The van der Waals surface area contributed by atoms with E-state index in [1.807, 2.05) is 0 Å². The predicted octanol–water partition coefficient (Wildman–Crippen LogP) is 4.63. The molecule has 27 heavy (non-hydrogen) atoms. The van der Waals surface area contributed by atoms with E-state index in [0.717, 1.165) is 0 Å². The van der Waals surface area contributed by atoms with E-state index < -0.39 is 23.8 Å². The van der Waals surface area contributed by atoms with Gasteiger partial charge in [-0.25, -0.2) is 18.2 Å². The number of hydrogen-bond donors (Lipinski definition) is 2. The Labute approximate surface area is 151 Å². The van der Waals surface area contributed by atoms with Gasteiger partial charge in [-0.15, -0.1) is 0 Å². The minimum Gasteiger partial charge on any atom is -0.357 e. The van der Waals surface area contributed by atoms with Crippen LogP contribution in [0.2, 0.25) is 0 Å². The van der Waals surface area contributed by atoms with Gasteiger partial charge in [0.25, 0.3) is 12.0 Å². The van der Waals surface area contributed by atoms with Crippen molar-refractivity contribution in [3.05, 3.63) is 82.5 Å². The molecule has 0 fully saturated rings. The number of nitrogens with one attached hydrogen (secondary N) is 2. The van der Waals surface area contributed by atoms with Crippen LogP contribution in [0.3, 0.4) is 0 Å². The highest BCUT2D eigenvalue weighted by molar-refractivity contribution is 6.09. The van der Waals surface area contributed by atoms with E-state index in [2.05, 4.69) is 15.3 Å². The van der Waals surface area contributed by atoms with Crippen LogP contribution in [0.15, 0.2) is 65.6 Å². The number of nitrogens with zero attached hydrogens (tertiary/aromatic N) is 1. The van der Waals surface area contributed by atoms with E-state index in [-0.39, 0.29) is 11.2 Å². The number of aromatic amines is 1. The lowest BCUT2D eigenvalue weighted by atomic mass is 10.0. The third-order valence-electron chi connectivity index (χ3n) is 4.38. The number of H-pyrrole nitrogens is 1. The number of benzene rings is 2. The van der Waals surface area contributed by atoms with Crippen molar-refractivity contribution in [1.82, 2.24) is 9.97 Å². The molecule has 136 valence electrons. The molecule has 0 bridgehead atoms. The van der Waals surface area contributed by atoms with Crippen molar-refractivity contribution in [2.75, 3.05) is 5.32 Å². The Hall–Kier alpha value is -3.35. The van der Waals surface area contributed by atoms with E-state index in [0.29, 0.717) is 21.9 Å². The van der Waals surface area contributed by atoms with E-state index in [1.54, 1.807) is 36.4 Å². The quantitative estimate of drug-likeness (QED) is 0.516. The van der Waals surface area contributed by atoms with Gasteiger partial charge in [0.2, 0.25) is 0 Å². The smallest absolute Gasteiger partial charge is 0.262 e. The van der Waals surface area contributed by atoms with E-state index in [9.17, 15) is 18.0 Å². The largest absolute Gasteiger partial charge is 0.357 e. The molecule has 2 heterocycles. The molecule has 1 atom stereocenters. The van der Waals surface area contributed by atoms with Gasteiger partial charge in [-0.2, -0.15) is 0 Å². The highest BCUT2D eigenvalue weighted by Crippen LogP contribution is 2.32. The van der Waals surface area contributed by atoms with Crippen LogP contribution in [0.25, 0.3) is 21.7 Å². The SMILES string of the molecule is O=c1[nH]ccc2nc(NC(c3ccccc3)C(F)F)c3ccc(F)cc3c12. The fourth-order valence-corrected chi connectivity index (χ4v) is 3.14. The Morgan fingerprint density at radius 2 is 1.78 bits per heavy atom. The number of fused-ring (bicyclic) bond motifs is 3. The number of aromatic nitrogens is 2. The summed E-state index contributed by atoms with van der Waals surface area (Å²) in [5.74, 6) is -0.366. The minimum atomic E-state index is -2.69. The Morgan fingerprint density at radius 3 is 2.52 bits per heavy atom. The second kappa shape index (κ2) is 6.75. The maximum absolute atomic E-state index is 13.8. The van der Waals surface area contributed by atoms with E-state index >= 15 is 0 Å². The van der Waals surface area contributed by atoms with Gasteiger partial charge < -0.3 is 10.3 Å². The first-order chi connectivity index (χ1) is 13.0. The molecule has 0 spiro atoms. The molecule has 0 aliphatic rings. The highest BCUT2D eigenvalue weighted by Gasteiger charge is 2.24. The summed E-state index contributed by atoms with van der Waals surface area (Å²) in [5.41, 5.74) is 0.270. The molecule has 4 aromatic rings. The van der Waals surface area contributed by atoms with Crippen LogP contribution < -0.4 is 10.9 Å². The van der Waals surface area contributed by atoms with Crippen molar-refractivity contribution in [3.63, 3.8) is 0 Å². The zero-order chi connectivity index (χ0) is 19.0. The van der Waals surface area contributed by atoms with Crippen LogP contribution in [-0.4, -0.2) is 16.4 Å². The molecule has 7 heteroatoms. The van der Waals surface area contributed by atoms with Gasteiger partial charge >= 0.3 is 0 Å². The summed E-state index contributed by atoms with van der Waals surface area (Å²) in [7, 11) is 0. The summed E-state index contributed by atoms with van der Waals surface area (Å²) in [6.07, 6.45) is -1.28. The molecule has 2 N–H and O–H groups in total. The first-order valence-corrected chi connectivity index (χ1v) is 8.25. The molecule has 0 aliphatic carbocycles. The summed E-state index contributed by atoms with van der Waals surface area (Å²) < 4.78 is 41.2. The van der Waals surface area contributed by atoms with Crippen molar-refractivity contribution < 1.29 is 13.2 Å². The van der Waals surface area contributed by atoms with Crippen LogP contribution in [-0.2, 0) is 0 Å². The lowest BCUT2D eigenvalue weighted by Crippen LogP contribution is -2.20. The van der Waals surface area contributed by atoms with Crippen LogP contribution in [0.5, 0.6) is 0 Å². The van der Waals surface area contributed by atoms with Gasteiger partial charge in [0.05, 0.1) is 10.9 Å². The number of pyridine rings is 2. The van der Waals surface area contributed by atoms with Crippen molar-refractivity contribution in [1.29, 1.82) is 0 Å². The van der Waals surface area contributed by atoms with Gasteiger partial charge in [0.1, 0.15) is 17.7 Å². The molecule has 1 unspecified atom stereocenters. The van der Waals surface area contributed by atoms with Gasteiger partial charge in [0, 0.05) is 17.0 Å². The molecule has 4 rings (SSSR count). The van der Waals surface area contributed by atoms with Crippen molar-refractivity contribution in [3.8, 4) is 0 Å². The average molecular weight is 369 g/mol. The van der Waals surface area contributed by atoms with Crippen LogP contribution in [0.1, 0.15) is 11.6 Å². The number of hydrogen-bond acceptors (Lipinski definition) is 3. The maximum Gasteiger partial charge on any atom is 0.262 e. The van der Waals surface area contributed by atoms with Gasteiger partial charge in [-0.05, 0) is 29.8 Å². The molecule has 0 aliphatic heterocycles. The van der Waals surface area contributed by atoms with Gasteiger partial charge in [-0.1, -0.05) is 30.3 Å². The van der Waals surface area contributed by atoms with Gasteiger partial charge in [-0.3, -0.25) is 4.79 Å². The standard InChI is InChI=1S/C20H14F3N3O/c21-12-6-7-13-14(10-12)16-15(8-9-24-20(16)27)25-19(13)26-17(18(22)23)11-4-2-1-3-5-11/h1-10,17-18H,(H,24,27)(H,25,26). The average Bonchev–Trinajstić information content (AvgIpc) is 2.66. The van der Waals surface area contributed by atoms with E-state index in [1.165, 1.54) is 24.4 Å². The Kier molecular flexibility index (Phi) is 4.27. The zero-order valence-corrected chi connectivity index (χ0v) is 13.9. The molecule has 0 saturated carbocycles. The van der Waals surface area contributed by atoms with Crippen LogP contribution >= 0.6 is 0 Å². The first kappa shape index (κ1) is 17.1. The summed E-state index contributed by atoms with van der Waals surface area (Å²) in [6.45, 7) is 0. The first-order valence-electron chi connectivity index (χ1n) is 8.25. The van der Waals surface area contributed by atoms with E-state index in [4.69, 9.17) is 0 Å². The van der Waals surface area contributed by atoms with Gasteiger partial charge in [0.15, 0.2) is 0 Å². The molecule has 2 aromatic heterocycles. The topological polar surface area (TPSA) is 57.8 Å². The summed E-state index contributed by atoms with van der Waals surface area (Å²) in [6, 6.07) is 12.4. The molecular weight excluding hydrogens is 355 g/mol. The Bertz CT molecular complexity index is 1180. The summed E-state index contributed by atoms with van der Waals surface area (Å²) in [4.78, 5) is 19.1. The number of halogens is 3. The molecular formula is C20H14F3N3O. The van der Waals surface area contributed by atoms with Crippen molar-refractivity contribution >= 4 is 27.5 Å². The van der Waals surface area contributed by atoms with Crippen molar-refractivity contribution in [2.45, 2.75) is 12.5 Å². The fraction of sp³-hybridized carbons (Fsp3) is 0.100. The normalized spacial score (nSPS) is 12.6. The summed E-state index contributed by atoms with van der Waals surface area (Å²) in [5, 5.41) is 3.69. The second-order valence-electron chi connectivity index (χ2n) is 6.08. The Balaban J connectivity index is 1.94. The van der Waals surface area contributed by atoms with Crippen molar-refractivity contribution in [2.24, 2.45) is 0 Å². The van der Waals surface area contributed by atoms with Crippen LogP contribution in [0, 0.1) is 5.82 Å². The lowest BCUT2D eigenvalue weighted by molar-refractivity contribution is 0.124. The number of alkyl halides is 2. The second-order valence-corrected chi connectivity index (χ2v) is 6.08. The maximum atomic E-state index is 13.8. The third-order valence-corrected chi connectivity index (χ3v) is 4.38. The number of anilines is 1. The molecule has 2 aromatic carbocycles. The molecule has 0 saturated heterocycles. The molecule has 0 amide bonds. The summed E-state index contributed by atoms with van der Waals surface area (Å²) >= 11 is 0. The lowest BCUT2D eigenvalue weighted by Gasteiger charge is -2.20. The zero-order valence-electron chi connectivity index (χ0n) is 13.9. The minimum absolute atomic E-state index is 0.164. The predicted molar refractivity (Wildman–Crippen MR) is 98.6 cm³/mol. The Morgan fingerprint density at radius 1 is 1.00 bits per heavy atom. The highest BCUT2D eigenvalue weighted by atomic mass is 19.3. The van der Waals surface area contributed by atoms with Crippen LogP contribution in [0.4, 0.5) is 19.0 Å². The third kappa shape index (κ3) is 3.12. The molecule has 4 nitrogen and oxygen atoms in total.